The predicted octanol–water partition coefficient (Wildman–Crippen LogP) is 1.12. The minimum Gasteiger partial charge on any atom is -0.365 e. The van der Waals surface area contributed by atoms with Crippen molar-refractivity contribution in [2.24, 2.45) is 0 Å². The second kappa shape index (κ2) is 7.17. The molecule has 1 amide bonds. The molecule has 1 saturated heterocycles. The lowest BCUT2D eigenvalue weighted by atomic mass is 9.97. The summed E-state index contributed by atoms with van der Waals surface area (Å²) in [5.74, 6) is -0.223. The van der Waals surface area contributed by atoms with E-state index in [2.05, 4.69) is 15.1 Å². The van der Waals surface area contributed by atoms with E-state index < -0.39 is 15.7 Å². The van der Waals surface area contributed by atoms with Gasteiger partial charge in [-0.1, -0.05) is 30.3 Å². The van der Waals surface area contributed by atoms with Crippen LogP contribution < -0.4 is 15.6 Å². The summed E-state index contributed by atoms with van der Waals surface area (Å²) >= 11 is 0. The zero-order chi connectivity index (χ0) is 21.6. The Morgan fingerprint density at radius 2 is 1.77 bits per heavy atom. The molecule has 3 aromatic rings. The average Bonchev–Trinajstić information content (AvgIpc) is 2.76. The Morgan fingerprint density at radius 3 is 2.58 bits per heavy atom. The molecular weight excluding hydrogens is 418 g/mol. The zero-order valence-electron chi connectivity index (χ0n) is 16.6. The maximum absolute atomic E-state index is 12.8. The van der Waals surface area contributed by atoms with Gasteiger partial charge < -0.3 is 10.2 Å². The standard InChI is InChI=1S/C21H21N5O4S/c27-19(14-26-20(28)16-6-2-1-5-15(16)13-22-26)25-11-9-21(10-12-25)23-17-7-3-4-8-18(17)31(29,30)24-21/h1-8,13,23-24H,9-12,14H2. The average molecular weight is 439 g/mol. The Hall–Kier alpha value is -3.24. The summed E-state index contributed by atoms with van der Waals surface area (Å²) in [6, 6.07) is 13.9. The first-order chi connectivity index (χ1) is 14.9. The Kier molecular flexibility index (Phi) is 4.56. The maximum Gasteiger partial charge on any atom is 0.275 e. The van der Waals surface area contributed by atoms with Crippen molar-refractivity contribution in [3.63, 3.8) is 0 Å². The van der Waals surface area contributed by atoms with Gasteiger partial charge in [0.1, 0.15) is 17.1 Å². The number of fused-ring (bicyclic) bond motifs is 2. The topological polar surface area (TPSA) is 113 Å². The predicted molar refractivity (Wildman–Crippen MR) is 115 cm³/mol. The second-order valence-electron chi connectivity index (χ2n) is 7.88. The molecule has 5 rings (SSSR count). The summed E-state index contributed by atoms with van der Waals surface area (Å²) in [5, 5.41) is 8.68. The fourth-order valence-corrected chi connectivity index (χ4v) is 5.78. The van der Waals surface area contributed by atoms with E-state index >= 15 is 0 Å². The zero-order valence-corrected chi connectivity index (χ0v) is 17.4. The van der Waals surface area contributed by atoms with Gasteiger partial charge in [0, 0.05) is 31.3 Å². The van der Waals surface area contributed by atoms with Crippen molar-refractivity contribution in [2.75, 3.05) is 18.4 Å². The third-order valence-electron chi connectivity index (χ3n) is 5.90. The summed E-state index contributed by atoms with van der Waals surface area (Å²) in [6.45, 7) is 0.566. The van der Waals surface area contributed by atoms with Crippen LogP contribution in [0, 0.1) is 0 Å². The summed E-state index contributed by atoms with van der Waals surface area (Å²) in [4.78, 5) is 27.3. The molecule has 2 aliphatic rings. The van der Waals surface area contributed by atoms with Crippen LogP contribution in [0.4, 0.5) is 5.69 Å². The number of benzene rings is 2. The van der Waals surface area contributed by atoms with Crippen LogP contribution in [0.5, 0.6) is 0 Å². The minimum atomic E-state index is -3.63. The number of piperidine rings is 1. The number of anilines is 1. The minimum absolute atomic E-state index is 0.154. The molecule has 10 heteroatoms. The highest BCUT2D eigenvalue weighted by molar-refractivity contribution is 7.89. The molecule has 31 heavy (non-hydrogen) atoms. The molecule has 2 aliphatic heterocycles. The van der Waals surface area contributed by atoms with E-state index in [0.717, 1.165) is 5.39 Å². The molecule has 0 unspecified atom stereocenters. The van der Waals surface area contributed by atoms with Gasteiger partial charge in [0.05, 0.1) is 17.3 Å². The quantitative estimate of drug-likeness (QED) is 0.619. The van der Waals surface area contributed by atoms with Gasteiger partial charge in [-0.25, -0.2) is 13.1 Å². The normalized spacial score (nSPS) is 19.0. The number of carbonyl (C=O) groups excluding carboxylic acids is 1. The number of hydrogen-bond donors (Lipinski definition) is 2. The van der Waals surface area contributed by atoms with Crippen molar-refractivity contribution in [3.8, 4) is 0 Å². The highest BCUT2D eigenvalue weighted by Gasteiger charge is 2.43. The summed E-state index contributed by atoms with van der Waals surface area (Å²) in [5.41, 5.74) is -0.576. The third-order valence-corrected chi connectivity index (χ3v) is 7.49. The lowest BCUT2D eigenvalue weighted by Crippen LogP contribution is -2.62. The molecule has 9 nitrogen and oxygen atoms in total. The van der Waals surface area contributed by atoms with Crippen LogP contribution in [-0.2, 0) is 21.4 Å². The van der Waals surface area contributed by atoms with Crippen molar-refractivity contribution >= 4 is 32.4 Å². The van der Waals surface area contributed by atoms with E-state index in [0.29, 0.717) is 37.0 Å². The van der Waals surface area contributed by atoms with Crippen LogP contribution >= 0.6 is 0 Å². The molecule has 0 radical (unpaired) electrons. The van der Waals surface area contributed by atoms with Crippen LogP contribution in [0.3, 0.4) is 0 Å². The molecular formula is C21H21N5O4S. The first-order valence-corrected chi connectivity index (χ1v) is 11.5. The number of sulfonamides is 1. The van der Waals surface area contributed by atoms with Crippen LogP contribution in [-0.4, -0.2) is 47.8 Å². The molecule has 2 aromatic carbocycles. The van der Waals surface area contributed by atoms with Crippen molar-refractivity contribution in [2.45, 2.75) is 29.9 Å². The van der Waals surface area contributed by atoms with E-state index in [9.17, 15) is 18.0 Å². The van der Waals surface area contributed by atoms with Crippen LogP contribution in [0.1, 0.15) is 12.8 Å². The highest BCUT2D eigenvalue weighted by atomic mass is 32.2. The number of nitrogens with one attached hydrogen (secondary N) is 2. The molecule has 1 fully saturated rings. The van der Waals surface area contributed by atoms with E-state index in [1.807, 2.05) is 6.07 Å². The molecule has 3 heterocycles. The summed E-state index contributed by atoms with van der Waals surface area (Å²) in [7, 11) is -3.63. The lowest BCUT2D eigenvalue weighted by molar-refractivity contribution is -0.133. The first kappa shape index (κ1) is 19.7. The molecule has 1 aromatic heterocycles. The van der Waals surface area contributed by atoms with E-state index in [4.69, 9.17) is 0 Å². The summed E-state index contributed by atoms with van der Waals surface area (Å²) in [6.07, 6.45) is 2.39. The molecule has 0 atom stereocenters. The van der Waals surface area contributed by atoms with Gasteiger partial charge in [-0.05, 0) is 18.2 Å². The molecule has 1 spiro atoms. The third kappa shape index (κ3) is 3.47. The molecule has 0 aliphatic carbocycles. The highest BCUT2D eigenvalue weighted by Crippen LogP contribution is 2.34. The van der Waals surface area contributed by atoms with E-state index in [1.165, 1.54) is 4.68 Å². The molecule has 0 bridgehead atoms. The van der Waals surface area contributed by atoms with Gasteiger partial charge >= 0.3 is 0 Å². The number of rotatable bonds is 2. The van der Waals surface area contributed by atoms with Gasteiger partial charge in [-0.15, -0.1) is 0 Å². The van der Waals surface area contributed by atoms with Crippen molar-refractivity contribution in [1.29, 1.82) is 0 Å². The van der Waals surface area contributed by atoms with E-state index in [1.54, 1.807) is 53.6 Å². The van der Waals surface area contributed by atoms with Crippen molar-refractivity contribution in [3.05, 3.63) is 65.1 Å². The number of amides is 1. The largest absolute Gasteiger partial charge is 0.365 e. The molecule has 2 N–H and O–H groups in total. The van der Waals surface area contributed by atoms with Crippen LogP contribution in [0.25, 0.3) is 10.8 Å². The SMILES string of the molecule is O=C(Cn1ncc2ccccc2c1=O)N1CCC2(CC1)Nc1ccccc1S(=O)(=O)N2. The van der Waals surface area contributed by atoms with Crippen LogP contribution in [0.15, 0.2) is 64.4 Å². The number of carbonyl (C=O) groups is 1. The number of nitrogens with zero attached hydrogens (tertiary/aromatic N) is 3. The maximum atomic E-state index is 12.8. The fourth-order valence-electron chi connectivity index (χ4n) is 4.23. The second-order valence-corrected chi connectivity index (χ2v) is 9.53. The Balaban J connectivity index is 1.31. The monoisotopic (exact) mass is 439 g/mol. The van der Waals surface area contributed by atoms with Gasteiger partial charge in [-0.2, -0.15) is 9.82 Å². The van der Waals surface area contributed by atoms with Gasteiger partial charge in [0.15, 0.2) is 0 Å². The lowest BCUT2D eigenvalue weighted by Gasteiger charge is -2.45. The smallest absolute Gasteiger partial charge is 0.275 e. The Labute approximate surface area is 178 Å². The van der Waals surface area contributed by atoms with Gasteiger partial charge in [0.25, 0.3) is 5.56 Å². The Morgan fingerprint density at radius 1 is 1.06 bits per heavy atom. The summed E-state index contributed by atoms with van der Waals surface area (Å²) < 4.78 is 29.3. The fraction of sp³-hybridized carbons (Fsp3) is 0.286. The first-order valence-electron chi connectivity index (χ1n) is 10.0. The van der Waals surface area contributed by atoms with Crippen molar-refractivity contribution in [1.82, 2.24) is 19.4 Å². The van der Waals surface area contributed by atoms with E-state index in [-0.39, 0.29) is 22.9 Å². The molecule has 0 saturated carbocycles. The van der Waals surface area contributed by atoms with Gasteiger partial charge in [0.2, 0.25) is 15.9 Å². The number of likely N-dealkylation sites (tertiary alicyclic amines) is 1. The van der Waals surface area contributed by atoms with Crippen LogP contribution in [0.2, 0.25) is 0 Å². The number of para-hydroxylation sites is 1. The molecule has 160 valence electrons. The van der Waals surface area contributed by atoms with Gasteiger partial charge in [-0.3, -0.25) is 9.59 Å². The van der Waals surface area contributed by atoms with Crippen molar-refractivity contribution < 1.29 is 13.2 Å². The Bertz CT molecular complexity index is 1340. The number of aromatic nitrogens is 2. The number of hydrogen-bond acceptors (Lipinski definition) is 6.